The van der Waals surface area contributed by atoms with Gasteiger partial charge in [-0.25, -0.2) is 0 Å². The van der Waals surface area contributed by atoms with Crippen LogP contribution in [0.1, 0.15) is 25.7 Å². The zero-order chi connectivity index (χ0) is 13.9. The molecule has 2 saturated carbocycles. The van der Waals surface area contributed by atoms with Gasteiger partial charge in [-0.15, -0.1) is 0 Å². The second-order valence-electron chi connectivity index (χ2n) is 8.12. The molecule has 0 radical (unpaired) electrons. The Hall–Kier alpha value is 0.423. The van der Waals surface area contributed by atoms with Crippen LogP contribution in [0.4, 0.5) is 0 Å². The molecule has 1 saturated heterocycles. The van der Waals surface area contributed by atoms with E-state index < -0.39 is 20.3 Å². The van der Waals surface area contributed by atoms with E-state index in [1.54, 1.807) is 21.1 Å². The van der Waals surface area contributed by atoms with E-state index in [0.717, 1.165) is 23.7 Å². The van der Waals surface area contributed by atoms with Gasteiger partial charge in [-0.2, -0.15) is 0 Å². The van der Waals surface area contributed by atoms with Crippen molar-refractivity contribution < 1.29 is 45.1 Å². The summed E-state index contributed by atoms with van der Waals surface area (Å²) >= 11 is -1.84. The van der Waals surface area contributed by atoms with Crippen LogP contribution in [-0.2, 0) is 20.3 Å². The van der Waals surface area contributed by atoms with Gasteiger partial charge in [0.15, 0.2) is 0 Å². The summed E-state index contributed by atoms with van der Waals surface area (Å²) in [6.07, 6.45) is 25.7. The quantitative estimate of drug-likeness (QED) is 0.576. The fourth-order valence-corrected chi connectivity index (χ4v) is 25.5. The van der Waals surface area contributed by atoms with E-state index in [1.165, 1.54) is 20.1 Å². The van der Waals surface area contributed by atoms with Crippen LogP contribution in [0.15, 0.2) is 48.6 Å². The van der Waals surface area contributed by atoms with Crippen molar-refractivity contribution in [2.75, 3.05) is 0 Å². The fourth-order valence-electron chi connectivity index (χ4n) is 6.41. The largest absolute Gasteiger partial charge is 1.00 e. The SMILES string of the molecule is C1=CC2CC[CH]([Zr+2]3([CH]4CCC5C=CC=CC54)[CH2][CH2]3)C2C=C1.[Cl-].[Cl-]. The molecule has 0 bridgehead atoms. The predicted molar refractivity (Wildman–Crippen MR) is 86.1 cm³/mol. The first-order chi connectivity index (χ1) is 10.4. The summed E-state index contributed by atoms with van der Waals surface area (Å²) in [4.78, 5) is 0. The molecule has 5 rings (SSSR count). The third-order valence-corrected chi connectivity index (χ3v) is 22.1. The van der Waals surface area contributed by atoms with Crippen LogP contribution < -0.4 is 24.8 Å². The van der Waals surface area contributed by atoms with E-state index in [9.17, 15) is 0 Å². The first kappa shape index (κ1) is 18.2. The Morgan fingerprint density at radius 3 is 1.43 bits per heavy atom. The molecule has 4 aliphatic carbocycles. The first-order valence-electron chi connectivity index (χ1n) is 9.08. The van der Waals surface area contributed by atoms with Gasteiger partial charge in [0.1, 0.15) is 0 Å². The Morgan fingerprint density at radius 2 is 1.00 bits per heavy atom. The zero-order valence-corrected chi connectivity index (χ0v) is 17.6. The maximum atomic E-state index is 2.60. The molecule has 23 heavy (non-hydrogen) atoms. The summed E-state index contributed by atoms with van der Waals surface area (Å²) in [7, 11) is 0. The first-order valence-corrected chi connectivity index (χ1v) is 15.4. The molecule has 3 heteroatoms. The molecular formula is C20H26Cl2Zr. The molecule has 0 N–H and O–H groups in total. The van der Waals surface area contributed by atoms with Crippen molar-refractivity contribution >= 4 is 0 Å². The number of hydrogen-bond donors (Lipinski definition) is 0. The van der Waals surface area contributed by atoms with E-state index in [0.29, 0.717) is 0 Å². The molecule has 0 nitrogen and oxygen atoms in total. The molecule has 3 fully saturated rings. The Labute approximate surface area is 157 Å². The molecule has 124 valence electrons. The Kier molecular flexibility index (Phi) is 5.52. The second-order valence-corrected chi connectivity index (χ2v) is 20.3. The van der Waals surface area contributed by atoms with Gasteiger partial charge in [0.2, 0.25) is 0 Å². The molecular weight excluding hydrogens is 402 g/mol. The molecule has 0 amide bonds. The van der Waals surface area contributed by atoms with Gasteiger partial charge < -0.3 is 24.8 Å². The van der Waals surface area contributed by atoms with Crippen molar-refractivity contribution in [3.8, 4) is 0 Å². The predicted octanol–water partition coefficient (Wildman–Crippen LogP) is -0.120. The van der Waals surface area contributed by atoms with Crippen LogP contribution in [0.25, 0.3) is 0 Å². The Bertz CT molecular complexity index is 512. The average molecular weight is 429 g/mol. The maximum Gasteiger partial charge on any atom is -1.00 e. The normalized spacial score (nSPS) is 42.8. The molecule has 0 aromatic rings. The van der Waals surface area contributed by atoms with Crippen molar-refractivity contribution in [3.05, 3.63) is 48.6 Å². The van der Waals surface area contributed by atoms with Crippen LogP contribution in [0, 0.1) is 23.7 Å². The van der Waals surface area contributed by atoms with Crippen LogP contribution in [0.5, 0.6) is 0 Å². The van der Waals surface area contributed by atoms with E-state index in [1.807, 2.05) is 0 Å². The average Bonchev–Trinajstić information content (AvgIpc) is 3.03. The smallest absolute Gasteiger partial charge is 1.00 e. The minimum Gasteiger partial charge on any atom is -1.00 e. The van der Waals surface area contributed by atoms with E-state index in [-0.39, 0.29) is 24.8 Å². The van der Waals surface area contributed by atoms with Crippen molar-refractivity contribution in [1.29, 1.82) is 0 Å². The maximum absolute atomic E-state index is 2.60. The molecule has 0 spiro atoms. The van der Waals surface area contributed by atoms with Gasteiger partial charge in [0, 0.05) is 0 Å². The second kappa shape index (κ2) is 6.97. The van der Waals surface area contributed by atoms with Crippen LogP contribution >= 0.6 is 0 Å². The van der Waals surface area contributed by atoms with E-state index >= 15 is 0 Å². The summed E-state index contributed by atoms with van der Waals surface area (Å²) in [6, 6.07) is 0. The molecule has 5 aliphatic rings. The van der Waals surface area contributed by atoms with Crippen LogP contribution in [-0.4, -0.2) is 0 Å². The van der Waals surface area contributed by atoms with Gasteiger partial charge >= 0.3 is 134 Å². The third-order valence-electron chi connectivity index (χ3n) is 7.45. The summed E-state index contributed by atoms with van der Waals surface area (Å²) < 4.78 is 5.83. The number of rotatable bonds is 2. The third kappa shape index (κ3) is 2.84. The van der Waals surface area contributed by atoms with Crippen molar-refractivity contribution in [2.24, 2.45) is 23.7 Å². The number of fused-ring (bicyclic) bond motifs is 2. The molecule has 6 atom stereocenters. The minimum atomic E-state index is -1.84. The number of allylic oxidation sites excluding steroid dienone is 8. The number of hydrogen-bond acceptors (Lipinski definition) is 0. The van der Waals surface area contributed by atoms with Gasteiger partial charge in [0.25, 0.3) is 0 Å². The Morgan fingerprint density at radius 1 is 0.565 bits per heavy atom. The van der Waals surface area contributed by atoms with Gasteiger partial charge in [-0.3, -0.25) is 0 Å². The van der Waals surface area contributed by atoms with E-state index in [2.05, 4.69) is 48.6 Å². The fraction of sp³-hybridized carbons (Fsp3) is 0.600. The van der Waals surface area contributed by atoms with Crippen molar-refractivity contribution in [1.82, 2.24) is 0 Å². The summed E-state index contributed by atoms with van der Waals surface area (Å²) in [6.45, 7) is 0. The number of halogens is 2. The van der Waals surface area contributed by atoms with Crippen LogP contribution in [0.3, 0.4) is 0 Å². The summed E-state index contributed by atoms with van der Waals surface area (Å²) in [5.41, 5.74) is 0. The minimum absolute atomic E-state index is 0. The molecule has 0 aromatic heterocycles. The molecule has 0 aromatic carbocycles. The zero-order valence-electron chi connectivity index (χ0n) is 13.6. The Balaban J connectivity index is 0.000000781. The topological polar surface area (TPSA) is 0 Å². The van der Waals surface area contributed by atoms with Gasteiger partial charge in [-0.05, 0) is 0 Å². The summed E-state index contributed by atoms with van der Waals surface area (Å²) in [5.74, 6) is 3.73. The monoisotopic (exact) mass is 426 g/mol. The van der Waals surface area contributed by atoms with Crippen LogP contribution in [0.2, 0.25) is 15.5 Å². The molecule has 1 heterocycles. The molecule has 1 aliphatic heterocycles. The van der Waals surface area contributed by atoms with Crippen molar-refractivity contribution in [2.45, 2.75) is 41.2 Å². The summed E-state index contributed by atoms with van der Waals surface area (Å²) in [5, 5.41) is 0. The van der Waals surface area contributed by atoms with Gasteiger partial charge in [0.05, 0.1) is 0 Å². The molecule has 6 unspecified atom stereocenters. The van der Waals surface area contributed by atoms with E-state index in [4.69, 9.17) is 0 Å². The standard InChI is InChI=1S/2C9H11.C2H4.2ClH.Zr/c2*1-2-5-9-7-3-6-8(9)4-1;1-2;;;/h2*1-2,4-6,8-9H,3,7H2;1-2H2;2*1H;/q;;;;;+2/p-2. The van der Waals surface area contributed by atoms with Crippen molar-refractivity contribution in [3.63, 3.8) is 0 Å². The van der Waals surface area contributed by atoms with Gasteiger partial charge in [-0.1, -0.05) is 0 Å².